The van der Waals surface area contributed by atoms with E-state index in [0.29, 0.717) is 6.04 Å². The Hall–Kier alpha value is -1.96. The zero-order chi connectivity index (χ0) is 13.2. The minimum atomic E-state index is 0.489. The number of benzene rings is 2. The van der Waals surface area contributed by atoms with Crippen molar-refractivity contribution < 1.29 is 0 Å². The van der Waals surface area contributed by atoms with Gasteiger partial charge in [0.2, 0.25) is 0 Å². The zero-order valence-corrected chi connectivity index (χ0v) is 11.3. The molecule has 2 nitrogen and oxygen atoms in total. The Morgan fingerprint density at radius 2 is 1.68 bits per heavy atom. The van der Waals surface area contributed by atoms with Crippen LogP contribution in [0.15, 0.2) is 48.5 Å². The molecule has 1 saturated heterocycles. The van der Waals surface area contributed by atoms with Gasteiger partial charge in [-0.15, -0.1) is 0 Å². The van der Waals surface area contributed by atoms with Crippen LogP contribution in [-0.2, 0) is 0 Å². The Balaban J connectivity index is 1.89. The van der Waals surface area contributed by atoms with E-state index in [0.717, 1.165) is 12.2 Å². The summed E-state index contributed by atoms with van der Waals surface area (Å²) in [5.74, 6) is 0. The van der Waals surface area contributed by atoms with Crippen LogP contribution in [0.5, 0.6) is 0 Å². The van der Waals surface area contributed by atoms with Crippen LogP contribution in [0.3, 0.4) is 0 Å². The Bertz CT molecular complexity index is 491. The molecule has 2 N–H and O–H groups in total. The molecule has 2 heteroatoms. The molecule has 0 aliphatic carbocycles. The molecule has 1 atom stereocenters. The summed E-state index contributed by atoms with van der Waals surface area (Å²) < 4.78 is 0. The molecule has 1 aliphatic heterocycles. The van der Waals surface area contributed by atoms with E-state index in [9.17, 15) is 0 Å². The number of nitrogens with two attached hydrogens (primary N) is 1. The number of aryl methyl sites for hydroxylation is 1. The Morgan fingerprint density at radius 1 is 1.00 bits per heavy atom. The van der Waals surface area contributed by atoms with Crippen LogP contribution in [0.2, 0.25) is 0 Å². The van der Waals surface area contributed by atoms with Crippen LogP contribution in [0.1, 0.15) is 30.0 Å². The van der Waals surface area contributed by atoms with Crippen molar-refractivity contribution in [3.8, 4) is 0 Å². The summed E-state index contributed by atoms with van der Waals surface area (Å²) in [5.41, 5.74) is 10.6. The normalized spacial score (nSPS) is 18.8. The van der Waals surface area contributed by atoms with Gasteiger partial charge in [-0.2, -0.15) is 0 Å². The molecular weight excluding hydrogens is 232 g/mol. The fraction of sp³-hybridized carbons (Fsp3) is 0.294. The van der Waals surface area contributed by atoms with E-state index in [-0.39, 0.29) is 0 Å². The van der Waals surface area contributed by atoms with Gasteiger partial charge in [-0.25, -0.2) is 0 Å². The van der Waals surface area contributed by atoms with Gasteiger partial charge in [0.15, 0.2) is 0 Å². The number of rotatable bonds is 2. The summed E-state index contributed by atoms with van der Waals surface area (Å²) in [5, 5.41) is 0. The molecule has 0 spiro atoms. The second-order valence-electron chi connectivity index (χ2n) is 5.35. The summed E-state index contributed by atoms with van der Waals surface area (Å²) in [6.45, 7) is 3.27. The highest BCUT2D eigenvalue weighted by Gasteiger charge is 2.25. The maximum atomic E-state index is 5.77. The molecule has 2 aromatic rings. The Morgan fingerprint density at radius 3 is 2.37 bits per heavy atom. The molecule has 1 aliphatic rings. The summed E-state index contributed by atoms with van der Waals surface area (Å²) in [7, 11) is 0. The first-order chi connectivity index (χ1) is 9.24. The fourth-order valence-corrected chi connectivity index (χ4v) is 2.88. The number of nitrogens with zero attached hydrogens (tertiary/aromatic N) is 1. The van der Waals surface area contributed by atoms with Crippen LogP contribution in [0.25, 0.3) is 0 Å². The molecule has 0 radical (unpaired) electrons. The first-order valence-electron chi connectivity index (χ1n) is 6.93. The zero-order valence-electron chi connectivity index (χ0n) is 11.3. The largest absolute Gasteiger partial charge is 0.399 e. The van der Waals surface area contributed by atoms with Crippen LogP contribution in [0.4, 0.5) is 11.4 Å². The van der Waals surface area contributed by atoms with E-state index in [4.69, 9.17) is 5.73 Å². The van der Waals surface area contributed by atoms with E-state index in [1.165, 1.54) is 29.7 Å². The van der Waals surface area contributed by atoms with Crippen molar-refractivity contribution in [2.75, 3.05) is 17.2 Å². The third-order valence-electron chi connectivity index (χ3n) is 3.94. The van der Waals surface area contributed by atoms with Gasteiger partial charge < -0.3 is 10.6 Å². The third kappa shape index (κ3) is 2.43. The lowest BCUT2D eigenvalue weighted by atomic mass is 10.0. The quantitative estimate of drug-likeness (QED) is 0.821. The smallest absolute Gasteiger partial charge is 0.0543 e. The third-order valence-corrected chi connectivity index (χ3v) is 3.94. The molecule has 0 aromatic heterocycles. The lowest BCUT2D eigenvalue weighted by Gasteiger charge is -2.27. The van der Waals surface area contributed by atoms with Crippen molar-refractivity contribution in [3.05, 3.63) is 59.7 Å². The maximum Gasteiger partial charge on any atom is 0.0543 e. The summed E-state index contributed by atoms with van der Waals surface area (Å²) in [6, 6.07) is 17.6. The predicted molar refractivity (Wildman–Crippen MR) is 81.4 cm³/mol. The van der Waals surface area contributed by atoms with Gasteiger partial charge in [0.25, 0.3) is 0 Å². The van der Waals surface area contributed by atoms with Crippen molar-refractivity contribution in [1.29, 1.82) is 0 Å². The Labute approximate surface area is 114 Å². The average Bonchev–Trinajstić information content (AvgIpc) is 2.90. The molecule has 0 amide bonds. The van der Waals surface area contributed by atoms with Crippen molar-refractivity contribution >= 4 is 11.4 Å². The first-order valence-corrected chi connectivity index (χ1v) is 6.93. The van der Waals surface area contributed by atoms with Gasteiger partial charge in [-0.05, 0) is 49.6 Å². The first kappa shape index (κ1) is 12.1. The number of hydrogen-bond acceptors (Lipinski definition) is 2. The molecule has 1 fully saturated rings. The molecule has 0 saturated carbocycles. The Kier molecular flexibility index (Phi) is 3.16. The molecular formula is C17H20N2. The summed E-state index contributed by atoms with van der Waals surface area (Å²) in [6.07, 6.45) is 2.47. The van der Waals surface area contributed by atoms with E-state index >= 15 is 0 Å². The monoisotopic (exact) mass is 252 g/mol. The minimum absolute atomic E-state index is 0.489. The maximum absolute atomic E-state index is 5.77. The van der Waals surface area contributed by atoms with Gasteiger partial charge >= 0.3 is 0 Å². The van der Waals surface area contributed by atoms with Gasteiger partial charge in [0.05, 0.1) is 6.04 Å². The highest BCUT2D eigenvalue weighted by Crippen LogP contribution is 2.36. The second kappa shape index (κ2) is 4.96. The van der Waals surface area contributed by atoms with Crippen molar-refractivity contribution in [2.45, 2.75) is 25.8 Å². The van der Waals surface area contributed by atoms with Gasteiger partial charge in [-0.1, -0.05) is 29.8 Å². The molecule has 3 rings (SSSR count). The fourth-order valence-electron chi connectivity index (χ4n) is 2.88. The molecule has 0 bridgehead atoms. The van der Waals surface area contributed by atoms with Gasteiger partial charge in [0, 0.05) is 17.9 Å². The van der Waals surface area contributed by atoms with E-state index in [1.54, 1.807) is 0 Å². The average molecular weight is 252 g/mol. The topological polar surface area (TPSA) is 29.3 Å². The van der Waals surface area contributed by atoms with Crippen LogP contribution < -0.4 is 10.6 Å². The van der Waals surface area contributed by atoms with Crippen LogP contribution >= 0.6 is 0 Å². The standard InChI is InChI=1S/C17H20N2/c1-13-4-10-16(11-5-13)19-12-2-3-17(19)14-6-8-15(18)9-7-14/h4-11,17H,2-3,12,18H2,1H3. The lowest BCUT2D eigenvalue weighted by Crippen LogP contribution is -2.22. The minimum Gasteiger partial charge on any atom is -0.399 e. The van der Waals surface area contributed by atoms with Crippen LogP contribution in [-0.4, -0.2) is 6.54 Å². The van der Waals surface area contributed by atoms with Crippen molar-refractivity contribution in [1.82, 2.24) is 0 Å². The summed E-state index contributed by atoms with van der Waals surface area (Å²) >= 11 is 0. The van der Waals surface area contributed by atoms with Crippen LogP contribution in [0, 0.1) is 6.92 Å². The van der Waals surface area contributed by atoms with Crippen molar-refractivity contribution in [3.63, 3.8) is 0 Å². The summed E-state index contributed by atoms with van der Waals surface area (Å²) in [4.78, 5) is 2.50. The number of anilines is 2. The molecule has 2 aromatic carbocycles. The second-order valence-corrected chi connectivity index (χ2v) is 5.35. The van der Waals surface area contributed by atoms with Gasteiger partial charge in [-0.3, -0.25) is 0 Å². The molecule has 98 valence electrons. The molecule has 1 heterocycles. The highest BCUT2D eigenvalue weighted by molar-refractivity contribution is 5.52. The number of hydrogen-bond donors (Lipinski definition) is 1. The molecule has 1 unspecified atom stereocenters. The van der Waals surface area contributed by atoms with E-state index < -0.39 is 0 Å². The molecule has 19 heavy (non-hydrogen) atoms. The SMILES string of the molecule is Cc1ccc(N2CCCC2c2ccc(N)cc2)cc1. The predicted octanol–water partition coefficient (Wildman–Crippen LogP) is 3.92. The number of nitrogen functional groups attached to an aromatic ring is 1. The van der Waals surface area contributed by atoms with Crippen molar-refractivity contribution in [2.24, 2.45) is 0 Å². The van der Waals surface area contributed by atoms with E-state index in [1.807, 2.05) is 12.1 Å². The lowest BCUT2D eigenvalue weighted by molar-refractivity contribution is 0.719. The van der Waals surface area contributed by atoms with E-state index in [2.05, 4.69) is 48.2 Å². The highest BCUT2D eigenvalue weighted by atomic mass is 15.2. The van der Waals surface area contributed by atoms with Gasteiger partial charge in [0.1, 0.15) is 0 Å².